The Bertz CT molecular complexity index is 479. The summed E-state index contributed by atoms with van der Waals surface area (Å²) in [5.41, 5.74) is 6.51. The third-order valence-corrected chi connectivity index (χ3v) is 3.26. The van der Waals surface area contributed by atoms with Crippen LogP contribution in [0, 0.1) is 0 Å². The molecule has 84 valence electrons. The van der Waals surface area contributed by atoms with Crippen molar-refractivity contribution in [3.05, 3.63) is 35.3 Å². The van der Waals surface area contributed by atoms with E-state index in [-0.39, 0.29) is 11.8 Å². The Labute approximate surface area is 98.6 Å². The molecule has 0 fully saturated rings. The predicted octanol–water partition coefficient (Wildman–Crippen LogP) is 2.41. The lowest BCUT2D eigenvalue weighted by Gasteiger charge is -2.00. The molecule has 1 aromatic carbocycles. The van der Waals surface area contributed by atoms with Crippen LogP contribution >= 0.6 is 11.3 Å². The van der Waals surface area contributed by atoms with Gasteiger partial charge in [-0.3, -0.25) is 0 Å². The first-order valence-corrected chi connectivity index (χ1v) is 5.97. The van der Waals surface area contributed by atoms with Crippen LogP contribution in [0.25, 0.3) is 10.6 Å². The molecule has 0 aliphatic heterocycles. The number of nitrogens with zero attached hydrogens (tertiary/aromatic N) is 1. The summed E-state index contributed by atoms with van der Waals surface area (Å²) in [6.07, 6.45) is 2.65. The molecule has 1 aromatic heterocycles. The average molecular weight is 234 g/mol. The highest BCUT2D eigenvalue weighted by Gasteiger charge is 2.09. The molecule has 1 atom stereocenters. The van der Waals surface area contributed by atoms with Crippen molar-refractivity contribution in [1.82, 2.24) is 4.98 Å². The summed E-state index contributed by atoms with van der Waals surface area (Å²) in [5.74, 6) is 0.268. The van der Waals surface area contributed by atoms with Crippen molar-refractivity contribution in [3.8, 4) is 16.3 Å². The minimum atomic E-state index is 0.137. The highest BCUT2D eigenvalue weighted by Crippen LogP contribution is 2.32. The molecule has 0 bridgehead atoms. The van der Waals surface area contributed by atoms with Gasteiger partial charge in [-0.2, -0.15) is 0 Å². The van der Waals surface area contributed by atoms with Crippen molar-refractivity contribution < 1.29 is 5.11 Å². The lowest BCUT2D eigenvalue weighted by atomic mass is 10.2. The molecule has 0 radical (unpaired) electrons. The van der Waals surface area contributed by atoms with Gasteiger partial charge < -0.3 is 10.8 Å². The van der Waals surface area contributed by atoms with Gasteiger partial charge in [0.25, 0.3) is 0 Å². The molecule has 4 heteroatoms. The van der Waals surface area contributed by atoms with E-state index in [1.54, 1.807) is 23.5 Å². The molecule has 2 aromatic rings. The maximum Gasteiger partial charge on any atom is 0.127 e. The average Bonchev–Trinajstić information content (AvgIpc) is 2.66. The summed E-state index contributed by atoms with van der Waals surface area (Å²) in [6, 6.07) is 7.36. The van der Waals surface area contributed by atoms with Crippen molar-refractivity contribution in [2.24, 2.45) is 5.73 Å². The summed E-state index contributed by atoms with van der Waals surface area (Å²) < 4.78 is 0. The van der Waals surface area contributed by atoms with Gasteiger partial charge in [-0.1, -0.05) is 12.1 Å². The fourth-order valence-electron chi connectivity index (χ4n) is 1.50. The van der Waals surface area contributed by atoms with Crippen LogP contribution in [-0.2, 0) is 6.42 Å². The predicted molar refractivity (Wildman–Crippen MR) is 66.6 cm³/mol. The molecule has 1 unspecified atom stereocenters. The number of aromatic nitrogens is 1. The minimum Gasteiger partial charge on any atom is -0.507 e. The van der Waals surface area contributed by atoms with E-state index in [1.807, 2.05) is 25.3 Å². The van der Waals surface area contributed by atoms with E-state index >= 15 is 0 Å². The van der Waals surface area contributed by atoms with E-state index in [0.717, 1.165) is 21.9 Å². The summed E-state index contributed by atoms with van der Waals surface area (Å²) in [7, 11) is 0. The van der Waals surface area contributed by atoms with E-state index in [9.17, 15) is 5.11 Å². The second-order valence-electron chi connectivity index (χ2n) is 3.83. The van der Waals surface area contributed by atoms with Crippen molar-refractivity contribution in [1.29, 1.82) is 0 Å². The Morgan fingerprint density at radius 2 is 2.19 bits per heavy atom. The van der Waals surface area contributed by atoms with Gasteiger partial charge in [0, 0.05) is 17.1 Å². The SMILES string of the molecule is CC(N)Cc1cnc(-c2ccccc2O)s1. The van der Waals surface area contributed by atoms with Gasteiger partial charge in [-0.15, -0.1) is 11.3 Å². The molecular weight excluding hydrogens is 220 g/mol. The van der Waals surface area contributed by atoms with Crippen LogP contribution in [0.5, 0.6) is 5.75 Å². The van der Waals surface area contributed by atoms with Gasteiger partial charge in [0.2, 0.25) is 0 Å². The number of phenols is 1. The van der Waals surface area contributed by atoms with E-state index < -0.39 is 0 Å². The van der Waals surface area contributed by atoms with Crippen LogP contribution in [0.2, 0.25) is 0 Å². The highest BCUT2D eigenvalue weighted by molar-refractivity contribution is 7.15. The normalized spacial score (nSPS) is 12.6. The molecular formula is C12H14N2OS. The molecule has 0 saturated carbocycles. The van der Waals surface area contributed by atoms with Gasteiger partial charge in [-0.25, -0.2) is 4.98 Å². The molecule has 3 N–H and O–H groups in total. The number of hydrogen-bond acceptors (Lipinski definition) is 4. The third-order valence-electron chi connectivity index (χ3n) is 2.21. The van der Waals surface area contributed by atoms with Crippen LogP contribution in [0.15, 0.2) is 30.5 Å². The van der Waals surface area contributed by atoms with Crippen LogP contribution < -0.4 is 5.73 Å². The fourth-order valence-corrected chi connectivity index (χ4v) is 2.59. The van der Waals surface area contributed by atoms with E-state index in [4.69, 9.17) is 5.73 Å². The van der Waals surface area contributed by atoms with Crippen LogP contribution in [0.1, 0.15) is 11.8 Å². The molecule has 16 heavy (non-hydrogen) atoms. The lowest BCUT2D eigenvalue weighted by molar-refractivity contribution is 0.477. The zero-order valence-corrected chi connectivity index (χ0v) is 9.87. The number of aromatic hydroxyl groups is 1. The highest BCUT2D eigenvalue weighted by atomic mass is 32.1. The topological polar surface area (TPSA) is 59.1 Å². The number of rotatable bonds is 3. The molecule has 0 aliphatic carbocycles. The summed E-state index contributed by atoms with van der Waals surface area (Å²) in [5, 5.41) is 10.5. The number of para-hydroxylation sites is 1. The quantitative estimate of drug-likeness (QED) is 0.857. The molecule has 0 spiro atoms. The van der Waals surface area contributed by atoms with Crippen LogP contribution in [-0.4, -0.2) is 16.1 Å². The number of hydrogen-bond donors (Lipinski definition) is 2. The van der Waals surface area contributed by atoms with E-state index in [1.165, 1.54) is 0 Å². The molecule has 3 nitrogen and oxygen atoms in total. The van der Waals surface area contributed by atoms with Crippen LogP contribution in [0.4, 0.5) is 0 Å². The van der Waals surface area contributed by atoms with Crippen molar-refractivity contribution in [2.45, 2.75) is 19.4 Å². The number of thiazole rings is 1. The van der Waals surface area contributed by atoms with Gasteiger partial charge in [0.05, 0.1) is 5.56 Å². The Hall–Kier alpha value is -1.39. The van der Waals surface area contributed by atoms with Crippen LogP contribution in [0.3, 0.4) is 0 Å². The Balaban J connectivity index is 2.28. The largest absolute Gasteiger partial charge is 0.507 e. The first kappa shape index (κ1) is 11.1. The molecule has 0 amide bonds. The Morgan fingerprint density at radius 3 is 2.88 bits per heavy atom. The maximum absolute atomic E-state index is 9.70. The molecule has 1 heterocycles. The van der Waals surface area contributed by atoms with Crippen molar-refractivity contribution in [2.75, 3.05) is 0 Å². The van der Waals surface area contributed by atoms with Gasteiger partial charge >= 0.3 is 0 Å². The third kappa shape index (κ3) is 2.40. The number of phenolic OH excluding ortho intramolecular Hbond substituents is 1. The van der Waals surface area contributed by atoms with Crippen molar-refractivity contribution in [3.63, 3.8) is 0 Å². The zero-order valence-electron chi connectivity index (χ0n) is 9.05. The van der Waals surface area contributed by atoms with Crippen molar-refractivity contribution >= 4 is 11.3 Å². The fraction of sp³-hybridized carbons (Fsp3) is 0.250. The second kappa shape index (κ2) is 4.63. The van der Waals surface area contributed by atoms with E-state index in [0.29, 0.717) is 0 Å². The first-order valence-electron chi connectivity index (χ1n) is 5.15. The maximum atomic E-state index is 9.70. The van der Waals surface area contributed by atoms with Gasteiger partial charge in [0.1, 0.15) is 10.8 Å². The molecule has 0 aliphatic rings. The lowest BCUT2D eigenvalue weighted by Crippen LogP contribution is -2.16. The monoisotopic (exact) mass is 234 g/mol. The van der Waals surface area contributed by atoms with Gasteiger partial charge in [0.15, 0.2) is 0 Å². The zero-order chi connectivity index (χ0) is 11.5. The smallest absolute Gasteiger partial charge is 0.127 e. The summed E-state index contributed by atoms with van der Waals surface area (Å²) in [6.45, 7) is 1.97. The molecule has 0 saturated heterocycles. The van der Waals surface area contributed by atoms with Gasteiger partial charge in [-0.05, 0) is 25.5 Å². The van der Waals surface area contributed by atoms with E-state index in [2.05, 4.69) is 4.98 Å². The second-order valence-corrected chi connectivity index (χ2v) is 4.95. The number of nitrogens with two attached hydrogens (primary N) is 1. The Morgan fingerprint density at radius 1 is 1.44 bits per heavy atom. The Kier molecular flexibility index (Phi) is 3.22. The summed E-state index contributed by atoms with van der Waals surface area (Å²) >= 11 is 1.58. The molecule has 2 rings (SSSR count). The number of benzene rings is 1. The first-order chi connectivity index (χ1) is 7.66. The minimum absolute atomic E-state index is 0.137. The summed E-state index contributed by atoms with van der Waals surface area (Å²) in [4.78, 5) is 5.45. The standard InChI is InChI=1S/C12H14N2OS/c1-8(13)6-9-7-14-12(16-9)10-4-2-3-5-11(10)15/h2-5,7-8,15H,6,13H2,1H3.